The van der Waals surface area contributed by atoms with Crippen LogP contribution in [-0.4, -0.2) is 38.2 Å². The third kappa shape index (κ3) is 4.06. The molecular weight excluding hydrogens is 352 g/mol. The van der Waals surface area contributed by atoms with Crippen molar-refractivity contribution in [3.05, 3.63) is 58.1 Å². The summed E-state index contributed by atoms with van der Waals surface area (Å²) in [6, 6.07) is 15.0. The van der Waals surface area contributed by atoms with Gasteiger partial charge < -0.3 is 9.64 Å². The van der Waals surface area contributed by atoms with Gasteiger partial charge in [0.25, 0.3) is 0 Å². The van der Waals surface area contributed by atoms with Crippen molar-refractivity contribution in [2.75, 3.05) is 38.2 Å². The summed E-state index contributed by atoms with van der Waals surface area (Å²) in [5.41, 5.74) is 3.88. The van der Waals surface area contributed by atoms with E-state index in [2.05, 4.69) is 63.0 Å². The van der Waals surface area contributed by atoms with Crippen molar-refractivity contribution in [1.82, 2.24) is 4.90 Å². The molecular formula is C19H23BrN2O. The lowest BCUT2D eigenvalue weighted by Gasteiger charge is -2.36. The predicted molar refractivity (Wildman–Crippen MR) is 99.4 cm³/mol. The molecule has 0 aromatic heterocycles. The van der Waals surface area contributed by atoms with Gasteiger partial charge in [-0.25, -0.2) is 0 Å². The van der Waals surface area contributed by atoms with Crippen molar-refractivity contribution < 1.29 is 4.74 Å². The molecule has 1 saturated heterocycles. The van der Waals surface area contributed by atoms with Gasteiger partial charge in [0.1, 0.15) is 5.75 Å². The van der Waals surface area contributed by atoms with E-state index in [4.69, 9.17) is 4.74 Å². The van der Waals surface area contributed by atoms with E-state index in [1.165, 1.54) is 16.8 Å². The van der Waals surface area contributed by atoms with Crippen LogP contribution in [0.1, 0.15) is 11.1 Å². The summed E-state index contributed by atoms with van der Waals surface area (Å²) in [6.45, 7) is 7.35. The predicted octanol–water partition coefficient (Wildman–Crippen LogP) is 4.09. The number of nitrogens with zero attached hydrogens (tertiary/aromatic N) is 2. The highest BCUT2D eigenvalue weighted by atomic mass is 79.9. The summed E-state index contributed by atoms with van der Waals surface area (Å²) in [7, 11) is 1.74. The molecule has 0 atom stereocenters. The van der Waals surface area contributed by atoms with Gasteiger partial charge in [-0.15, -0.1) is 0 Å². The highest BCUT2D eigenvalue weighted by molar-refractivity contribution is 9.10. The lowest BCUT2D eigenvalue weighted by molar-refractivity contribution is 0.246. The summed E-state index contributed by atoms with van der Waals surface area (Å²) >= 11 is 3.55. The Morgan fingerprint density at radius 3 is 2.35 bits per heavy atom. The maximum absolute atomic E-state index is 5.49. The lowest BCUT2D eigenvalue weighted by Crippen LogP contribution is -2.46. The van der Waals surface area contributed by atoms with E-state index in [1.807, 2.05) is 12.1 Å². The van der Waals surface area contributed by atoms with Crippen LogP contribution in [0.4, 0.5) is 5.69 Å². The number of ether oxygens (including phenoxy) is 1. The Morgan fingerprint density at radius 2 is 1.70 bits per heavy atom. The molecule has 1 heterocycles. The second-order valence-electron chi connectivity index (χ2n) is 6.05. The van der Waals surface area contributed by atoms with Crippen molar-refractivity contribution in [2.24, 2.45) is 0 Å². The summed E-state index contributed by atoms with van der Waals surface area (Å²) in [5, 5.41) is 0. The summed E-state index contributed by atoms with van der Waals surface area (Å²) < 4.78 is 6.59. The Bertz CT molecular complexity index is 649. The molecule has 0 saturated carbocycles. The number of hydrogen-bond acceptors (Lipinski definition) is 3. The number of methoxy groups -OCH3 is 1. The topological polar surface area (TPSA) is 15.7 Å². The van der Waals surface area contributed by atoms with Crippen molar-refractivity contribution in [1.29, 1.82) is 0 Å². The lowest BCUT2D eigenvalue weighted by atomic mass is 10.1. The fourth-order valence-corrected chi connectivity index (χ4v) is 3.44. The quantitative estimate of drug-likeness (QED) is 0.801. The molecule has 3 nitrogen and oxygen atoms in total. The molecule has 2 aromatic carbocycles. The molecule has 1 aliphatic heterocycles. The van der Waals surface area contributed by atoms with E-state index in [9.17, 15) is 0 Å². The van der Waals surface area contributed by atoms with Gasteiger partial charge >= 0.3 is 0 Å². The third-order valence-corrected chi connectivity index (χ3v) is 4.90. The van der Waals surface area contributed by atoms with Crippen LogP contribution in [0, 0.1) is 6.92 Å². The van der Waals surface area contributed by atoms with Crippen LogP contribution in [-0.2, 0) is 6.54 Å². The number of halogens is 1. The van der Waals surface area contributed by atoms with Gasteiger partial charge in [-0.2, -0.15) is 0 Å². The number of aryl methyl sites for hydroxylation is 1. The number of rotatable bonds is 4. The molecule has 0 amide bonds. The largest absolute Gasteiger partial charge is 0.496 e. The van der Waals surface area contributed by atoms with Crippen LogP contribution in [0.25, 0.3) is 0 Å². The van der Waals surface area contributed by atoms with Crippen LogP contribution < -0.4 is 9.64 Å². The van der Waals surface area contributed by atoms with E-state index < -0.39 is 0 Å². The number of benzene rings is 2. The Balaban J connectivity index is 1.61. The zero-order valence-corrected chi connectivity index (χ0v) is 15.3. The van der Waals surface area contributed by atoms with Crippen molar-refractivity contribution in [2.45, 2.75) is 13.5 Å². The first kappa shape index (κ1) is 16.3. The Hall–Kier alpha value is -1.52. The zero-order chi connectivity index (χ0) is 16.2. The highest BCUT2D eigenvalue weighted by Crippen LogP contribution is 2.25. The van der Waals surface area contributed by atoms with Crippen LogP contribution >= 0.6 is 15.9 Å². The smallest absolute Gasteiger partial charge is 0.123 e. The van der Waals surface area contributed by atoms with Crippen LogP contribution in [0.5, 0.6) is 5.75 Å². The zero-order valence-electron chi connectivity index (χ0n) is 13.8. The van der Waals surface area contributed by atoms with E-state index in [0.29, 0.717) is 0 Å². The van der Waals surface area contributed by atoms with Gasteiger partial charge in [0, 0.05) is 48.4 Å². The summed E-state index contributed by atoms with van der Waals surface area (Å²) in [5.74, 6) is 0.967. The summed E-state index contributed by atoms with van der Waals surface area (Å²) in [6.07, 6.45) is 0. The monoisotopic (exact) mass is 374 g/mol. The maximum Gasteiger partial charge on any atom is 0.123 e. The molecule has 1 aliphatic rings. The van der Waals surface area contributed by atoms with Gasteiger partial charge in [-0.3, -0.25) is 4.90 Å². The first-order chi connectivity index (χ1) is 11.2. The van der Waals surface area contributed by atoms with Crippen molar-refractivity contribution >= 4 is 21.6 Å². The second kappa shape index (κ2) is 7.37. The number of piperazine rings is 1. The highest BCUT2D eigenvalue weighted by Gasteiger charge is 2.18. The first-order valence-electron chi connectivity index (χ1n) is 8.02. The number of anilines is 1. The average molecular weight is 375 g/mol. The SMILES string of the molecule is COc1ccc(Br)cc1CN1CCN(c2ccc(C)cc2)CC1. The van der Waals surface area contributed by atoms with Gasteiger partial charge in [0.05, 0.1) is 7.11 Å². The fourth-order valence-electron chi connectivity index (χ4n) is 3.03. The van der Waals surface area contributed by atoms with Crippen LogP contribution in [0.3, 0.4) is 0 Å². The summed E-state index contributed by atoms with van der Waals surface area (Å²) in [4.78, 5) is 4.96. The molecule has 0 bridgehead atoms. The van der Waals surface area contributed by atoms with E-state index >= 15 is 0 Å². The molecule has 0 spiro atoms. The molecule has 3 rings (SSSR count). The molecule has 0 unspecified atom stereocenters. The minimum Gasteiger partial charge on any atom is -0.496 e. The van der Waals surface area contributed by atoms with E-state index in [-0.39, 0.29) is 0 Å². The molecule has 122 valence electrons. The Labute approximate surface area is 147 Å². The maximum atomic E-state index is 5.49. The third-order valence-electron chi connectivity index (χ3n) is 4.41. The minimum atomic E-state index is 0.935. The molecule has 23 heavy (non-hydrogen) atoms. The van der Waals surface area contributed by atoms with Gasteiger partial charge in [0.15, 0.2) is 0 Å². The molecule has 4 heteroatoms. The van der Waals surface area contributed by atoms with E-state index in [0.717, 1.165) is 42.9 Å². The van der Waals surface area contributed by atoms with Gasteiger partial charge in [-0.05, 0) is 37.3 Å². The van der Waals surface area contributed by atoms with Crippen molar-refractivity contribution in [3.63, 3.8) is 0 Å². The normalized spacial score (nSPS) is 15.7. The fraction of sp³-hybridized carbons (Fsp3) is 0.368. The van der Waals surface area contributed by atoms with E-state index in [1.54, 1.807) is 7.11 Å². The van der Waals surface area contributed by atoms with Gasteiger partial charge in [0.2, 0.25) is 0 Å². The molecule has 2 aromatic rings. The van der Waals surface area contributed by atoms with Crippen molar-refractivity contribution in [3.8, 4) is 5.75 Å². The molecule has 0 radical (unpaired) electrons. The molecule has 1 fully saturated rings. The molecule has 0 N–H and O–H groups in total. The Kier molecular flexibility index (Phi) is 5.23. The standard InChI is InChI=1S/C19H23BrN2O/c1-15-3-6-18(7-4-15)22-11-9-21(10-12-22)14-16-13-17(20)5-8-19(16)23-2/h3-8,13H,9-12,14H2,1-2H3. The van der Waals surface area contributed by atoms with Gasteiger partial charge in [-0.1, -0.05) is 33.6 Å². The first-order valence-corrected chi connectivity index (χ1v) is 8.81. The Morgan fingerprint density at radius 1 is 1.00 bits per heavy atom. The second-order valence-corrected chi connectivity index (χ2v) is 6.97. The molecule has 0 aliphatic carbocycles. The minimum absolute atomic E-state index is 0.935. The number of hydrogen-bond donors (Lipinski definition) is 0. The van der Waals surface area contributed by atoms with Crippen LogP contribution in [0.2, 0.25) is 0 Å². The van der Waals surface area contributed by atoms with Crippen LogP contribution in [0.15, 0.2) is 46.9 Å². The average Bonchev–Trinajstić information content (AvgIpc) is 2.57.